The summed E-state index contributed by atoms with van der Waals surface area (Å²) in [6, 6.07) is 20.1. The fraction of sp³-hybridized carbons (Fsp3) is 0.250. The lowest BCUT2D eigenvalue weighted by Crippen LogP contribution is -2.61. The lowest BCUT2D eigenvalue weighted by Gasteiger charge is -2.33. The van der Waals surface area contributed by atoms with Gasteiger partial charge in [0.1, 0.15) is 24.9 Å². The predicted molar refractivity (Wildman–Crippen MR) is 158 cm³/mol. The average Bonchev–Trinajstić information content (AvgIpc) is 3.74. The van der Waals surface area contributed by atoms with Gasteiger partial charge in [-0.2, -0.15) is 0 Å². The van der Waals surface area contributed by atoms with Crippen LogP contribution in [0.1, 0.15) is 21.5 Å². The van der Waals surface area contributed by atoms with E-state index in [-0.39, 0.29) is 12.0 Å². The fourth-order valence-electron chi connectivity index (χ4n) is 5.27. The third kappa shape index (κ3) is 6.13. The van der Waals surface area contributed by atoms with Gasteiger partial charge in [0.15, 0.2) is 5.82 Å². The normalized spacial score (nSPS) is 16.7. The summed E-state index contributed by atoms with van der Waals surface area (Å²) in [5.41, 5.74) is 9.76. The largest absolute Gasteiger partial charge is 0.447 e. The number of nitrogens with one attached hydrogen (secondary N) is 1. The minimum Gasteiger partial charge on any atom is -0.447 e. The number of aromatic nitrogens is 3. The monoisotopic (exact) mass is 580 g/mol. The summed E-state index contributed by atoms with van der Waals surface area (Å²) >= 11 is 0. The number of rotatable bonds is 10. The topological polar surface area (TPSA) is 134 Å². The molecule has 4 heterocycles. The van der Waals surface area contributed by atoms with Gasteiger partial charge >= 0.3 is 11.7 Å². The van der Waals surface area contributed by atoms with E-state index in [0.717, 1.165) is 49.7 Å². The van der Waals surface area contributed by atoms with Crippen molar-refractivity contribution in [3.63, 3.8) is 0 Å². The molecule has 3 N–H and O–H groups in total. The highest BCUT2D eigenvalue weighted by Crippen LogP contribution is 2.28. The Kier molecular flexibility index (Phi) is 8.16. The van der Waals surface area contributed by atoms with Gasteiger partial charge in [0.25, 0.3) is 5.91 Å². The van der Waals surface area contributed by atoms with E-state index in [1.54, 1.807) is 29.2 Å². The SMILES string of the molecule is NC(=O)C1(C(Cc2ccccc2)NC(=O)c2cccnc2-n2cnc(-c3ccc(CN4CCOCC4)cc3)c2)OC=CO1. The summed E-state index contributed by atoms with van der Waals surface area (Å²) in [7, 11) is 0. The molecule has 2 aromatic heterocycles. The van der Waals surface area contributed by atoms with Crippen LogP contribution < -0.4 is 11.1 Å². The van der Waals surface area contributed by atoms with Crippen LogP contribution in [0.2, 0.25) is 0 Å². The van der Waals surface area contributed by atoms with Crippen LogP contribution in [0.5, 0.6) is 0 Å². The highest BCUT2D eigenvalue weighted by Gasteiger charge is 2.51. The molecule has 0 saturated carbocycles. The maximum absolute atomic E-state index is 13.8. The van der Waals surface area contributed by atoms with Crippen molar-refractivity contribution < 1.29 is 23.8 Å². The van der Waals surface area contributed by atoms with E-state index in [1.165, 1.54) is 18.1 Å². The zero-order valence-electron chi connectivity index (χ0n) is 23.5. The van der Waals surface area contributed by atoms with Gasteiger partial charge < -0.3 is 25.3 Å². The number of nitrogens with two attached hydrogens (primary N) is 1. The van der Waals surface area contributed by atoms with Crippen LogP contribution in [0.4, 0.5) is 0 Å². The van der Waals surface area contributed by atoms with Gasteiger partial charge in [0.2, 0.25) is 0 Å². The van der Waals surface area contributed by atoms with Crippen molar-refractivity contribution in [3.8, 4) is 17.1 Å². The maximum Gasteiger partial charge on any atom is 0.352 e. The molecule has 1 saturated heterocycles. The zero-order chi connectivity index (χ0) is 29.6. The minimum absolute atomic E-state index is 0.226. The van der Waals surface area contributed by atoms with E-state index in [0.29, 0.717) is 5.82 Å². The molecule has 0 bridgehead atoms. The van der Waals surface area contributed by atoms with Gasteiger partial charge in [0, 0.05) is 44.0 Å². The number of amides is 2. The number of imidazole rings is 1. The first kappa shape index (κ1) is 28.1. The van der Waals surface area contributed by atoms with Crippen LogP contribution >= 0.6 is 0 Å². The summed E-state index contributed by atoms with van der Waals surface area (Å²) in [5.74, 6) is -2.86. The van der Waals surface area contributed by atoms with Crippen molar-refractivity contribution in [1.82, 2.24) is 24.8 Å². The molecule has 1 atom stereocenters. The van der Waals surface area contributed by atoms with Crippen molar-refractivity contribution in [2.45, 2.75) is 24.8 Å². The maximum atomic E-state index is 13.8. The van der Waals surface area contributed by atoms with E-state index in [9.17, 15) is 9.59 Å². The van der Waals surface area contributed by atoms with Gasteiger partial charge in [-0.05, 0) is 23.3 Å². The van der Waals surface area contributed by atoms with Crippen LogP contribution in [0.15, 0.2) is 98.0 Å². The summed E-state index contributed by atoms with van der Waals surface area (Å²) < 4.78 is 18.3. The molecular weight excluding hydrogens is 548 g/mol. The molecule has 6 rings (SSSR count). The second-order valence-corrected chi connectivity index (χ2v) is 10.4. The highest BCUT2D eigenvalue weighted by molar-refractivity contribution is 5.98. The molecule has 0 spiro atoms. The molecule has 11 heteroatoms. The van der Waals surface area contributed by atoms with Crippen molar-refractivity contribution in [2.24, 2.45) is 5.73 Å². The molecular formula is C32H32N6O5. The van der Waals surface area contributed by atoms with Gasteiger partial charge in [-0.1, -0.05) is 54.6 Å². The predicted octanol–water partition coefficient (Wildman–Crippen LogP) is 2.81. The number of morpholine rings is 1. The Hall–Kier alpha value is -5.00. The van der Waals surface area contributed by atoms with Crippen molar-refractivity contribution in [1.29, 1.82) is 0 Å². The number of carbonyl (C=O) groups is 2. The molecule has 43 heavy (non-hydrogen) atoms. The lowest BCUT2D eigenvalue weighted by atomic mass is 9.97. The standard InChI is InChI=1S/C32H32N6O5/c33-31(40)32(42-17-18-43-32)28(19-23-5-2-1-3-6-23)36-30(39)26-7-4-12-34-29(26)38-21-27(35-22-38)25-10-8-24(9-11-25)20-37-13-15-41-16-14-37/h1-12,17-18,21-22,28H,13-16,19-20H2,(H2,33,40)(H,36,39). The van der Waals surface area contributed by atoms with E-state index in [1.807, 2.05) is 48.7 Å². The van der Waals surface area contributed by atoms with Gasteiger partial charge in [-0.3, -0.25) is 19.1 Å². The molecule has 1 unspecified atom stereocenters. The Morgan fingerprint density at radius 1 is 0.930 bits per heavy atom. The Morgan fingerprint density at radius 2 is 1.67 bits per heavy atom. The lowest BCUT2D eigenvalue weighted by molar-refractivity contribution is -0.182. The smallest absolute Gasteiger partial charge is 0.352 e. The van der Waals surface area contributed by atoms with Crippen molar-refractivity contribution >= 4 is 11.8 Å². The Labute approximate surface area is 248 Å². The zero-order valence-corrected chi connectivity index (χ0v) is 23.5. The number of hydrogen-bond donors (Lipinski definition) is 2. The average molecular weight is 581 g/mol. The summed E-state index contributed by atoms with van der Waals surface area (Å²) in [6.45, 7) is 4.27. The first-order chi connectivity index (χ1) is 21.0. The van der Waals surface area contributed by atoms with Gasteiger partial charge in [-0.15, -0.1) is 0 Å². The first-order valence-electron chi connectivity index (χ1n) is 14.1. The summed E-state index contributed by atoms with van der Waals surface area (Å²) in [5, 5.41) is 2.92. The van der Waals surface area contributed by atoms with Gasteiger partial charge in [0.05, 0.1) is 24.5 Å². The van der Waals surface area contributed by atoms with Crippen molar-refractivity contribution in [2.75, 3.05) is 26.3 Å². The van der Waals surface area contributed by atoms with Crippen LogP contribution in [0, 0.1) is 0 Å². The molecule has 1 fully saturated rings. The number of pyridine rings is 1. The van der Waals surface area contributed by atoms with E-state index < -0.39 is 23.6 Å². The number of benzene rings is 2. The minimum atomic E-state index is -1.90. The number of nitrogens with zero attached hydrogens (tertiary/aromatic N) is 4. The fourth-order valence-corrected chi connectivity index (χ4v) is 5.27. The van der Waals surface area contributed by atoms with E-state index >= 15 is 0 Å². The van der Waals surface area contributed by atoms with Crippen molar-refractivity contribution in [3.05, 3.63) is 115 Å². The molecule has 0 aliphatic carbocycles. The third-order valence-corrected chi connectivity index (χ3v) is 7.55. The quantitative estimate of drug-likeness (QED) is 0.293. The second-order valence-electron chi connectivity index (χ2n) is 10.4. The highest BCUT2D eigenvalue weighted by atomic mass is 16.7. The molecule has 2 aromatic carbocycles. The number of primary amides is 1. The number of carbonyl (C=O) groups excluding carboxylic acids is 2. The molecule has 11 nitrogen and oxygen atoms in total. The Bertz CT molecular complexity index is 1590. The summed E-state index contributed by atoms with van der Waals surface area (Å²) in [4.78, 5) is 37.8. The molecule has 4 aromatic rings. The van der Waals surface area contributed by atoms with Gasteiger partial charge in [-0.25, -0.2) is 9.97 Å². The van der Waals surface area contributed by atoms with Crippen LogP contribution in [-0.2, 0) is 32.0 Å². The molecule has 2 aliphatic rings. The van der Waals surface area contributed by atoms with Crippen LogP contribution in [-0.4, -0.2) is 69.4 Å². The second kappa shape index (κ2) is 12.5. The van der Waals surface area contributed by atoms with E-state index in [2.05, 4.69) is 32.3 Å². The Morgan fingerprint density at radius 3 is 2.40 bits per heavy atom. The van der Waals surface area contributed by atoms with Crippen LogP contribution in [0.25, 0.3) is 17.1 Å². The Balaban J connectivity index is 1.22. The number of hydrogen-bond acceptors (Lipinski definition) is 8. The molecule has 2 amide bonds. The molecule has 2 aliphatic heterocycles. The first-order valence-corrected chi connectivity index (χ1v) is 14.1. The summed E-state index contributed by atoms with van der Waals surface area (Å²) in [6.07, 6.45) is 7.76. The van der Waals surface area contributed by atoms with Crippen LogP contribution in [0.3, 0.4) is 0 Å². The molecule has 220 valence electrons. The number of ether oxygens (including phenoxy) is 3. The third-order valence-electron chi connectivity index (χ3n) is 7.55. The van der Waals surface area contributed by atoms with E-state index in [4.69, 9.17) is 19.9 Å². The molecule has 0 radical (unpaired) electrons.